The molecule has 0 unspecified atom stereocenters. The van der Waals surface area contributed by atoms with Gasteiger partial charge in [-0.2, -0.15) is 0 Å². The van der Waals surface area contributed by atoms with E-state index in [0.717, 1.165) is 12.8 Å². The summed E-state index contributed by atoms with van der Waals surface area (Å²) in [5, 5.41) is 0.394. The van der Waals surface area contributed by atoms with E-state index in [9.17, 15) is 9.18 Å². The lowest BCUT2D eigenvalue weighted by Crippen LogP contribution is -2.32. The number of nitrogens with zero attached hydrogens (tertiary/aromatic N) is 1. The molecule has 1 saturated carbocycles. The number of methoxy groups -OCH3 is 1. The van der Waals surface area contributed by atoms with Crippen molar-refractivity contribution in [3.8, 4) is 0 Å². The summed E-state index contributed by atoms with van der Waals surface area (Å²) >= 11 is 5.99. The van der Waals surface area contributed by atoms with Gasteiger partial charge in [-0.05, 0) is 25.0 Å². The number of ether oxygens (including phenoxy) is 1. The highest BCUT2D eigenvalue weighted by molar-refractivity contribution is 6.31. The molecule has 98 valence electrons. The Hall–Kier alpha value is -1.13. The predicted octanol–water partition coefficient (Wildman–Crippen LogP) is 2.62. The van der Waals surface area contributed by atoms with Crippen molar-refractivity contribution in [3.05, 3.63) is 34.6 Å². The lowest BCUT2D eigenvalue weighted by atomic mass is 10.2. The third-order valence-electron chi connectivity index (χ3n) is 3.05. The molecule has 1 fully saturated rings. The van der Waals surface area contributed by atoms with Gasteiger partial charge in [0.1, 0.15) is 5.82 Å². The van der Waals surface area contributed by atoms with E-state index in [1.807, 2.05) is 4.90 Å². The van der Waals surface area contributed by atoms with Gasteiger partial charge in [0.05, 0.1) is 13.7 Å². The van der Waals surface area contributed by atoms with Gasteiger partial charge in [0.2, 0.25) is 0 Å². The van der Waals surface area contributed by atoms with Crippen LogP contribution in [0.1, 0.15) is 18.4 Å². The summed E-state index contributed by atoms with van der Waals surface area (Å²) in [6.07, 6.45) is 2.06. The Balaban J connectivity index is 2.11. The summed E-state index contributed by atoms with van der Waals surface area (Å²) in [6, 6.07) is 4.94. The second-order valence-corrected chi connectivity index (χ2v) is 4.82. The minimum absolute atomic E-state index is 0.172. The Labute approximate surface area is 110 Å². The van der Waals surface area contributed by atoms with Crippen LogP contribution in [0.3, 0.4) is 0 Å². The standard InChI is InChI=1S/C13H15ClFNO2/c1-18-13(17)8-16(9-5-6-9)7-10-11(14)3-2-4-12(10)15/h2-4,9H,5-8H2,1H3. The summed E-state index contributed by atoms with van der Waals surface area (Å²) in [6.45, 7) is 0.511. The van der Waals surface area contributed by atoms with Gasteiger partial charge in [0, 0.05) is 23.2 Å². The number of carbonyl (C=O) groups excluding carboxylic acids is 1. The van der Waals surface area contributed by atoms with Crippen molar-refractivity contribution in [2.45, 2.75) is 25.4 Å². The van der Waals surface area contributed by atoms with Crippen molar-refractivity contribution < 1.29 is 13.9 Å². The van der Waals surface area contributed by atoms with Crippen LogP contribution < -0.4 is 0 Å². The van der Waals surface area contributed by atoms with Gasteiger partial charge >= 0.3 is 5.97 Å². The van der Waals surface area contributed by atoms with E-state index in [2.05, 4.69) is 4.74 Å². The first-order valence-corrected chi connectivity index (χ1v) is 6.23. The molecule has 0 heterocycles. The molecular weight excluding hydrogens is 257 g/mol. The maximum absolute atomic E-state index is 13.7. The average Bonchev–Trinajstić information content (AvgIpc) is 3.16. The lowest BCUT2D eigenvalue weighted by molar-refractivity contribution is -0.142. The van der Waals surface area contributed by atoms with Crippen LogP contribution in [0.5, 0.6) is 0 Å². The highest BCUT2D eigenvalue weighted by Gasteiger charge is 2.31. The molecule has 0 N–H and O–H groups in total. The van der Waals surface area contributed by atoms with E-state index in [4.69, 9.17) is 11.6 Å². The molecule has 5 heteroatoms. The Morgan fingerprint density at radius 3 is 2.83 bits per heavy atom. The smallest absolute Gasteiger partial charge is 0.319 e. The molecule has 3 nitrogen and oxygen atoms in total. The van der Waals surface area contributed by atoms with Gasteiger partial charge in [-0.3, -0.25) is 9.69 Å². The molecule has 0 radical (unpaired) electrons. The second-order valence-electron chi connectivity index (χ2n) is 4.41. The normalized spacial score (nSPS) is 14.9. The molecular formula is C13H15ClFNO2. The highest BCUT2D eigenvalue weighted by Crippen LogP contribution is 2.30. The monoisotopic (exact) mass is 271 g/mol. The van der Waals surface area contributed by atoms with Gasteiger partial charge in [0.15, 0.2) is 0 Å². The molecule has 0 saturated heterocycles. The van der Waals surface area contributed by atoms with Crippen LogP contribution >= 0.6 is 11.6 Å². The van der Waals surface area contributed by atoms with Crippen molar-refractivity contribution in [2.24, 2.45) is 0 Å². The fourth-order valence-corrected chi connectivity index (χ4v) is 2.09. The largest absolute Gasteiger partial charge is 0.468 e. The van der Waals surface area contributed by atoms with Gasteiger partial charge in [0.25, 0.3) is 0 Å². The Kier molecular flexibility index (Phi) is 4.19. The Morgan fingerprint density at radius 1 is 1.56 bits per heavy atom. The SMILES string of the molecule is COC(=O)CN(Cc1c(F)cccc1Cl)C1CC1. The van der Waals surface area contributed by atoms with E-state index in [1.54, 1.807) is 12.1 Å². The maximum Gasteiger partial charge on any atom is 0.319 e. The Bertz CT molecular complexity index is 428. The van der Waals surface area contributed by atoms with Crippen LogP contribution in [-0.4, -0.2) is 30.6 Å². The van der Waals surface area contributed by atoms with E-state index in [1.165, 1.54) is 13.2 Å². The van der Waals surface area contributed by atoms with Crippen LogP contribution in [0.15, 0.2) is 18.2 Å². The van der Waals surface area contributed by atoms with Crippen molar-refractivity contribution in [3.63, 3.8) is 0 Å². The van der Waals surface area contributed by atoms with Crippen molar-refractivity contribution in [1.82, 2.24) is 4.90 Å². The van der Waals surface area contributed by atoms with E-state index in [-0.39, 0.29) is 18.3 Å². The first kappa shape index (κ1) is 13.3. The Morgan fingerprint density at radius 2 is 2.28 bits per heavy atom. The number of hydrogen-bond acceptors (Lipinski definition) is 3. The molecule has 2 rings (SSSR count). The van der Waals surface area contributed by atoms with Crippen LogP contribution in [0.2, 0.25) is 5.02 Å². The first-order chi connectivity index (χ1) is 8.61. The summed E-state index contributed by atoms with van der Waals surface area (Å²) in [7, 11) is 1.35. The van der Waals surface area contributed by atoms with Gasteiger partial charge in [-0.25, -0.2) is 4.39 Å². The molecule has 1 aromatic rings. The molecule has 18 heavy (non-hydrogen) atoms. The fraction of sp³-hybridized carbons (Fsp3) is 0.462. The van der Waals surface area contributed by atoms with Gasteiger partial charge in [-0.1, -0.05) is 17.7 Å². The molecule has 1 aromatic carbocycles. The molecule has 0 atom stereocenters. The topological polar surface area (TPSA) is 29.5 Å². The van der Waals surface area contributed by atoms with E-state index >= 15 is 0 Å². The van der Waals surface area contributed by atoms with Gasteiger partial charge in [-0.15, -0.1) is 0 Å². The number of rotatable bonds is 5. The van der Waals surface area contributed by atoms with Crippen molar-refractivity contribution in [1.29, 1.82) is 0 Å². The van der Waals surface area contributed by atoms with Crippen LogP contribution in [-0.2, 0) is 16.1 Å². The van der Waals surface area contributed by atoms with Gasteiger partial charge < -0.3 is 4.74 Å². The number of benzene rings is 1. The fourth-order valence-electron chi connectivity index (χ4n) is 1.87. The minimum atomic E-state index is -0.335. The summed E-state index contributed by atoms with van der Waals surface area (Å²) < 4.78 is 18.3. The number of halogens is 2. The number of esters is 1. The zero-order valence-electron chi connectivity index (χ0n) is 10.2. The molecule has 0 bridgehead atoms. The van der Waals surface area contributed by atoms with Crippen LogP contribution in [0.4, 0.5) is 4.39 Å². The zero-order chi connectivity index (χ0) is 13.1. The summed E-state index contributed by atoms with van der Waals surface area (Å²) in [5.41, 5.74) is 0.440. The molecule has 0 aromatic heterocycles. The molecule has 0 aliphatic heterocycles. The third kappa shape index (κ3) is 3.21. The van der Waals surface area contributed by atoms with E-state index in [0.29, 0.717) is 23.2 Å². The molecule has 0 amide bonds. The highest BCUT2D eigenvalue weighted by atomic mass is 35.5. The maximum atomic E-state index is 13.7. The third-order valence-corrected chi connectivity index (χ3v) is 3.40. The number of carbonyl (C=O) groups is 1. The molecule has 1 aliphatic rings. The quantitative estimate of drug-likeness (QED) is 0.771. The first-order valence-electron chi connectivity index (χ1n) is 5.85. The second kappa shape index (κ2) is 5.67. The molecule has 0 spiro atoms. The lowest BCUT2D eigenvalue weighted by Gasteiger charge is -2.21. The van der Waals surface area contributed by atoms with Crippen molar-refractivity contribution >= 4 is 17.6 Å². The minimum Gasteiger partial charge on any atom is -0.468 e. The average molecular weight is 272 g/mol. The van der Waals surface area contributed by atoms with Crippen molar-refractivity contribution in [2.75, 3.05) is 13.7 Å². The van der Waals surface area contributed by atoms with Crippen LogP contribution in [0.25, 0.3) is 0 Å². The number of hydrogen-bond donors (Lipinski definition) is 0. The predicted molar refractivity (Wildman–Crippen MR) is 66.9 cm³/mol. The molecule has 1 aliphatic carbocycles. The zero-order valence-corrected chi connectivity index (χ0v) is 10.9. The van der Waals surface area contributed by atoms with Crippen LogP contribution in [0, 0.1) is 5.82 Å². The summed E-state index contributed by atoms with van der Waals surface area (Å²) in [4.78, 5) is 13.2. The summed E-state index contributed by atoms with van der Waals surface area (Å²) in [5.74, 6) is -0.646. The van der Waals surface area contributed by atoms with E-state index < -0.39 is 0 Å².